The minimum absolute atomic E-state index is 0.0906. The molecule has 0 fully saturated rings. The maximum absolute atomic E-state index is 12.8. The Balaban J connectivity index is 4.39. The van der Waals surface area contributed by atoms with Gasteiger partial charge in [-0.25, -0.2) is 0 Å². The van der Waals surface area contributed by atoms with E-state index in [4.69, 9.17) is 14.2 Å². The van der Waals surface area contributed by atoms with Crippen molar-refractivity contribution in [2.45, 2.75) is 290 Å². The first-order valence-electron chi connectivity index (χ1n) is 27.6. The highest BCUT2D eigenvalue weighted by atomic mass is 16.6. The Hall–Kier alpha value is -2.63. The average molecular weight is 897 g/mol. The molecule has 1 atom stereocenters. The summed E-state index contributed by atoms with van der Waals surface area (Å²) in [5, 5.41) is 0. The van der Waals surface area contributed by atoms with Crippen molar-refractivity contribution in [3.63, 3.8) is 0 Å². The van der Waals surface area contributed by atoms with Crippen LogP contribution in [0.1, 0.15) is 284 Å². The lowest BCUT2D eigenvalue weighted by atomic mass is 10.0. The zero-order valence-electron chi connectivity index (χ0n) is 42.6. The molecular formula is C58H104O6. The van der Waals surface area contributed by atoms with E-state index in [1.54, 1.807) is 0 Å². The smallest absolute Gasteiger partial charge is 0.306 e. The summed E-state index contributed by atoms with van der Waals surface area (Å²) in [5.41, 5.74) is 0. The topological polar surface area (TPSA) is 78.9 Å². The van der Waals surface area contributed by atoms with Crippen molar-refractivity contribution in [3.05, 3.63) is 48.6 Å². The van der Waals surface area contributed by atoms with Gasteiger partial charge in [-0.1, -0.05) is 268 Å². The lowest BCUT2D eigenvalue weighted by Crippen LogP contribution is -2.30. The highest BCUT2D eigenvalue weighted by Crippen LogP contribution is 2.17. The fraction of sp³-hybridized carbons (Fsp3) is 0.810. The second-order valence-electron chi connectivity index (χ2n) is 18.5. The molecule has 0 aromatic rings. The third-order valence-corrected chi connectivity index (χ3v) is 12.1. The van der Waals surface area contributed by atoms with Crippen molar-refractivity contribution in [2.24, 2.45) is 0 Å². The summed E-state index contributed by atoms with van der Waals surface area (Å²) < 4.78 is 16.8. The van der Waals surface area contributed by atoms with Crippen LogP contribution in [0.2, 0.25) is 0 Å². The van der Waals surface area contributed by atoms with Gasteiger partial charge in [0.15, 0.2) is 6.10 Å². The van der Waals surface area contributed by atoms with E-state index in [2.05, 4.69) is 63.3 Å². The van der Waals surface area contributed by atoms with Crippen molar-refractivity contribution >= 4 is 17.9 Å². The highest BCUT2D eigenvalue weighted by molar-refractivity contribution is 5.71. The molecule has 6 nitrogen and oxygen atoms in total. The van der Waals surface area contributed by atoms with Gasteiger partial charge in [0, 0.05) is 19.3 Å². The largest absolute Gasteiger partial charge is 0.462 e. The minimum Gasteiger partial charge on any atom is -0.462 e. The molecule has 0 spiro atoms. The standard InChI is InChI=1S/C58H104O6/c1-4-7-10-13-16-19-22-25-27-29-31-33-36-39-42-45-48-51-57(60)63-54-55(53-62-56(59)50-47-44-41-38-35-32-24-21-18-15-12-9-6-3)64-58(61)52-49-46-43-40-37-34-30-28-26-23-20-17-14-11-8-5-2/h9,12,18,21,32,35,41,44,55H,4-8,10-11,13-17,19-20,22-31,33-34,36-40,42-43,45-54H2,1-3H3/b12-9-,21-18-,35-32-,44-41-. The molecule has 372 valence electrons. The number of ether oxygens (including phenoxy) is 3. The first kappa shape index (κ1) is 61.4. The van der Waals surface area contributed by atoms with Crippen LogP contribution in [0.15, 0.2) is 48.6 Å². The Labute approximate surface area is 397 Å². The van der Waals surface area contributed by atoms with Crippen LogP contribution in [0, 0.1) is 0 Å². The lowest BCUT2D eigenvalue weighted by molar-refractivity contribution is -0.166. The Bertz CT molecular complexity index is 1120. The molecule has 64 heavy (non-hydrogen) atoms. The quantitative estimate of drug-likeness (QED) is 0.0262. The SMILES string of the molecule is CC/C=C\C/C=C\C/C=C\C/C=C\CCC(=O)OCC(COC(=O)CCCCCCCCCCCCCCCCCCC)OC(=O)CCCCCCCCCCCCCCCCCC. The van der Waals surface area contributed by atoms with Crippen molar-refractivity contribution in [1.29, 1.82) is 0 Å². The second-order valence-corrected chi connectivity index (χ2v) is 18.5. The van der Waals surface area contributed by atoms with Gasteiger partial charge in [0.05, 0.1) is 0 Å². The van der Waals surface area contributed by atoms with Crippen LogP contribution in [0.5, 0.6) is 0 Å². The molecule has 0 heterocycles. The molecule has 0 radical (unpaired) electrons. The number of rotatable bonds is 50. The van der Waals surface area contributed by atoms with E-state index in [0.717, 1.165) is 64.2 Å². The van der Waals surface area contributed by atoms with Gasteiger partial charge in [0.1, 0.15) is 13.2 Å². The number of hydrogen-bond donors (Lipinski definition) is 0. The molecule has 0 aromatic heterocycles. The fourth-order valence-electron chi connectivity index (χ4n) is 7.99. The van der Waals surface area contributed by atoms with E-state index < -0.39 is 6.10 Å². The predicted molar refractivity (Wildman–Crippen MR) is 275 cm³/mol. The van der Waals surface area contributed by atoms with Crippen LogP contribution in [-0.4, -0.2) is 37.2 Å². The molecule has 0 aliphatic heterocycles. The van der Waals surface area contributed by atoms with E-state index in [1.807, 2.05) is 6.08 Å². The number of carbonyl (C=O) groups excluding carboxylic acids is 3. The summed E-state index contributed by atoms with van der Waals surface area (Å²) >= 11 is 0. The number of esters is 3. The second kappa shape index (κ2) is 53.0. The molecule has 0 aliphatic carbocycles. The summed E-state index contributed by atoms with van der Waals surface area (Å²) in [6.07, 6.45) is 64.0. The summed E-state index contributed by atoms with van der Waals surface area (Å²) in [5.74, 6) is -0.961. The molecule has 0 saturated heterocycles. The van der Waals surface area contributed by atoms with Gasteiger partial charge >= 0.3 is 17.9 Å². The van der Waals surface area contributed by atoms with Gasteiger partial charge < -0.3 is 14.2 Å². The summed E-state index contributed by atoms with van der Waals surface area (Å²) in [6, 6.07) is 0. The van der Waals surface area contributed by atoms with E-state index in [9.17, 15) is 14.4 Å². The number of allylic oxidation sites excluding steroid dienone is 8. The Morgan fingerprint density at radius 2 is 0.609 bits per heavy atom. The van der Waals surface area contributed by atoms with Gasteiger partial charge in [-0.3, -0.25) is 14.4 Å². The fourth-order valence-corrected chi connectivity index (χ4v) is 7.99. The van der Waals surface area contributed by atoms with Gasteiger partial charge in [0.2, 0.25) is 0 Å². The van der Waals surface area contributed by atoms with Crippen molar-refractivity contribution < 1.29 is 28.6 Å². The van der Waals surface area contributed by atoms with Crippen LogP contribution < -0.4 is 0 Å². The Morgan fingerprint density at radius 1 is 0.328 bits per heavy atom. The molecule has 0 aliphatic rings. The van der Waals surface area contributed by atoms with Crippen LogP contribution in [0.25, 0.3) is 0 Å². The van der Waals surface area contributed by atoms with E-state index in [-0.39, 0.29) is 37.5 Å². The predicted octanol–water partition coefficient (Wildman–Crippen LogP) is 18.3. The van der Waals surface area contributed by atoms with Crippen molar-refractivity contribution in [2.75, 3.05) is 13.2 Å². The third kappa shape index (κ3) is 50.4. The third-order valence-electron chi connectivity index (χ3n) is 12.1. The van der Waals surface area contributed by atoms with Crippen LogP contribution in [-0.2, 0) is 28.6 Å². The van der Waals surface area contributed by atoms with Gasteiger partial charge in [-0.05, 0) is 44.9 Å². The normalized spacial score (nSPS) is 12.4. The van der Waals surface area contributed by atoms with Crippen molar-refractivity contribution in [3.8, 4) is 0 Å². The molecule has 1 unspecified atom stereocenters. The summed E-state index contributed by atoms with van der Waals surface area (Å²) in [7, 11) is 0. The van der Waals surface area contributed by atoms with Crippen LogP contribution in [0.3, 0.4) is 0 Å². The molecule has 6 heteroatoms. The minimum atomic E-state index is -0.797. The monoisotopic (exact) mass is 897 g/mol. The molecule has 0 N–H and O–H groups in total. The van der Waals surface area contributed by atoms with E-state index in [0.29, 0.717) is 19.3 Å². The zero-order chi connectivity index (χ0) is 46.5. The van der Waals surface area contributed by atoms with E-state index >= 15 is 0 Å². The average Bonchev–Trinajstić information content (AvgIpc) is 3.29. The number of hydrogen-bond acceptors (Lipinski definition) is 6. The van der Waals surface area contributed by atoms with Crippen molar-refractivity contribution in [1.82, 2.24) is 0 Å². The molecule has 0 rings (SSSR count). The van der Waals surface area contributed by atoms with Gasteiger partial charge in [0.25, 0.3) is 0 Å². The van der Waals surface area contributed by atoms with Gasteiger partial charge in [-0.2, -0.15) is 0 Å². The summed E-state index contributed by atoms with van der Waals surface area (Å²) in [6.45, 7) is 6.50. The Morgan fingerprint density at radius 3 is 0.953 bits per heavy atom. The maximum atomic E-state index is 12.8. The highest BCUT2D eigenvalue weighted by Gasteiger charge is 2.19. The molecule has 0 bridgehead atoms. The first-order chi connectivity index (χ1) is 31.5. The van der Waals surface area contributed by atoms with E-state index in [1.165, 1.54) is 173 Å². The van der Waals surface area contributed by atoms with Crippen LogP contribution in [0.4, 0.5) is 0 Å². The number of unbranched alkanes of at least 4 members (excludes halogenated alkanes) is 31. The number of carbonyl (C=O) groups is 3. The first-order valence-corrected chi connectivity index (χ1v) is 27.6. The van der Waals surface area contributed by atoms with Gasteiger partial charge in [-0.15, -0.1) is 0 Å². The maximum Gasteiger partial charge on any atom is 0.306 e. The summed E-state index contributed by atoms with van der Waals surface area (Å²) in [4.78, 5) is 38.0. The molecular weight excluding hydrogens is 793 g/mol. The molecule has 0 aromatic carbocycles. The zero-order valence-corrected chi connectivity index (χ0v) is 42.6. The van der Waals surface area contributed by atoms with Crippen LogP contribution >= 0.6 is 0 Å². The molecule has 0 amide bonds. The Kier molecular flexibility index (Phi) is 50.8. The lowest BCUT2D eigenvalue weighted by Gasteiger charge is -2.18. The molecule has 0 saturated carbocycles.